The molecule has 0 fully saturated rings. The van der Waals surface area contributed by atoms with Gasteiger partial charge in [-0.15, -0.1) is 0 Å². The summed E-state index contributed by atoms with van der Waals surface area (Å²) in [5, 5.41) is 15.9. The van der Waals surface area contributed by atoms with Gasteiger partial charge < -0.3 is 5.11 Å². The molecule has 0 aliphatic rings. The van der Waals surface area contributed by atoms with Crippen molar-refractivity contribution in [2.24, 2.45) is 0 Å². The molecular weight excluding hydrogens is 283 g/mol. The van der Waals surface area contributed by atoms with Crippen LogP contribution in [0.4, 0.5) is 4.39 Å². The molecule has 5 nitrogen and oxygen atoms in total. The molecule has 0 heterocycles. The van der Waals surface area contributed by atoms with Crippen molar-refractivity contribution >= 4 is 10.0 Å². The third kappa shape index (κ3) is 4.32. The quantitative estimate of drug-likeness (QED) is 0.792. The SMILES string of the molecule is CC(C#N)S(=O)(=O)NCc1cc(C#CCO)ccc1F. The molecule has 1 unspecified atom stereocenters. The van der Waals surface area contributed by atoms with Crippen LogP contribution < -0.4 is 4.72 Å². The maximum absolute atomic E-state index is 13.6. The van der Waals surface area contributed by atoms with Gasteiger partial charge in [0.25, 0.3) is 0 Å². The van der Waals surface area contributed by atoms with Crippen molar-refractivity contribution in [3.63, 3.8) is 0 Å². The Hall–Kier alpha value is -1.93. The standard InChI is InChI=1S/C13H13FN2O3S/c1-10(8-15)20(18,19)16-9-12-7-11(3-2-6-17)4-5-13(12)14/h4-5,7,10,16-17H,6,9H2,1H3. The monoisotopic (exact) mass is 296 g/mol. The fourth-order valence-electron chi connectivity index (χ4n) is 1.30. The lowest BCUT2D eigenvalue weighted by Gasteiger charge is -2.09. The van der Waals surface area contributed by atoms with Crippen LogP contribution in [0, 0.1) is 29.0 Å². The van der Waals surface area contributed by atoms with Gasteiger partial charge in [0.1, 0.15) is 12.4 Å². The van der Waals surface area contributed by atoms with Gasteiger partial charge in [0.2, 0.25) is 10.0 Å². The smallest absolute Gasteiger partial charge is 0.227 e. The predicted molar refractivity (Wildman–Crippen MR) is 71.2 cm³/mol. The van der Waals surface area contributed by atoms with Crippen LogP contribution in [0.5, 0.6) is 0 Å². The molecule has 106 valence electrons. The fraction of sp³-hybridized carbons (Fsp3) is 0.308. The molecule has 20 heavy (non-hydrogen) atoms. The van der Waals surface area contributed by atoms with E-state index in [9.17, 15) is 12.8 Å². The lowest BCUT2D eigenvalue weighted by atomic mass is 10.1. The Balaban J connectivity index is 2.91. The van der Waals surface area contributed by atoms with Gasteiger partial charge in [0.15, 0.2) is 5.25 Å². The molecule has 7 heteroatoms. The second-order valence-electron chi connectivity index (χ2n) is 3.90. The summed E-state index contributed by atoms with van der Waals surface area (Å²) in [5.74, 6) is 4.43. The van der Waals surface area contributed by atoms with E-state index in [1.807, 2.05) is 0 Å². The first kappa shape index (κ1) is 16.1. The molecule has 0 aliphatic carbocycles. The van der Waals surface area contributed by atoms with E-state index in [0.717, 1.165) is 0 Å². The molecule has 0 saturated heterocycles. The summed E-state index contributed by atoms with van der Waals surface area (Å²) in [4.78, 5) is 0. The summed E-state index contributed by atoms with van der Waals surface area (Å²) in [6, 6.07) is 5.58. The minimum atomic E-state index is -3.81. The van der Waals surface area contributed by atoms with Gasteiger partial charge in [0, 0.05) is 17.7 Å². The zero-order valence-electron chi connectivity index (χ0n) is 10.7. The number of benzene rings is 1. The normalized spacial score (nSPS) is 12.1. The lowest BCUT2D eigenvalue weighted by molar-refractivity contribution is 0.350. The number of sulfonamides is 1. The number of rotatable bonds is 4. The third-order valence-corrected chi connectivity index (χ3v) is 4.05. The maximum Gasteiger partial charge on any atom is 0.227 e. The Morgan fingerprint density at radius 3 is 2.80 bits per heavy atom. The minimum Gasteiger partial charge on any atom is -0.384 e. The van der Waals surface area contributed by atoms with Crippen LogP contribution in [0.2, 0.25) is 0 Å². The summed E-state index contributed by atoms with van der Waals surface area (Å²) in [7, 11) is -3.81. The van der Waals surface area contributed by atoms with E-state index in [4.69, 9.17) is 10.4 Å². The fourth-order valence-corrected chi connectivity index (χ4v) is 2.05. The van der Waals surface area contributed by atoms with Crippen LogP contribution in [0.3, 0.4) is 0 Å². The molecule has 0 bridgehead atoms. The topological polar surface area (TPSA) is 90.2 Å². The van der Waals surface area contributed by atoms with E-state index in [1.165, 1.54) is 25.1 Å². The molecular formula is C13H13FN2O3S. The molecule has 1 aromatic carbocycles. The van der Waals surface area contributed by atoms with Gasteiger partial charge in [-0.05, 0) is 25.1 Å². The van der Waals surface area contributed by atoms with E-state index in [2.05, 4.69) is 16.6 Å². The van der Waals surface area contributed by atoms with Crippen LogP contribution in [-0.2, 0) is 16.6 Å². The zero-order valence-corrected chi connectivity index (χ0v) is 11.5. The number of nitrogens with zero attached hydrogens (tertiary/aromatic N) is 1. The van der Waals surface area contributed by atoms with Gasteiger partial charge in [-0.25, -0.2) is 17.5 Å². The van der Waals surface area contributed by atoms with E-state index in [1.54, 1.807) is 6.07 Å². The number of nitriles is 1. The molecule has 0 spiro atoms. The van der Waals surface area contributed by atoms with Crippen LogP contribution in [-0.4, -0.2) is 25.4 Å². The van der Waals surface area contributed by atoms with Crippen molar-refractivity contribution in [1.82, 2.24) is 4.72 Å². The summed E-state index contributed by atoms with van der Waals surface area (Å²) in [5.41, 5.74) is 0.575. The van der Waals surface area contributed by atoms with Crippen molar-refractivity contribution in [3.05, 3.63) is 35.1 Å². The maximum atomic E-state index is 13.6. The summed E-state index contributed by atoms with van der Waals surface area (Å²) in [6.45, 7) is 0.649. The number of aliphatic hydroxyl groups excluding tert-OH is 1. The van der Waals surface area contributed by atoms with Crippen molar-refractivity contribution < 1.29 is 17.9 Å². The average molecular weight is 296 g/mol. The van der Waals surface area contributed by atoms with E-state index >= 15 is 0 Å². The predicted octanol–water partition coefficient (Wildman–Crippen LogP) is 0.501. The molecule has 0 amide bonds. The average Bonchev–Trinajstić information content (AvgIpc) is 2.44. The second kappa shape index (κ2) is 7.01. The van der Waals surface area contributed by atoms with E-state index in [-0.39, 0.29) is 18.7 Å². The zero-order chi connectivity index (χ0) is 15.2. The molecule has 0 aromatic heterocycles. The summed E-state index contributed by atoms with van der Waals surface area (Å²) in [6.07, 6.45) is 0. The molecule has 2 N–H and O–H groups in total. The number of hydrogen-bond donors (Lipinski definition) is 2. The second-order valence-corrected chi connectivity index (χ2v) is 5.99. The third-order valence-electron chi connectivity index (χ3n) is 2.47. The van der Waals surface area contributed by atoms with Crippen LogP contribution in [0.1, 0.15) is 18.1 Å². The van der Waals surface area contributed by atoms with Crippen LogP contribution >= 0.6 is 0 Å². The largest absolute Gasteiger partial charge is 0.384 e. The Bertz CT molecular complexity index is 684. The van der Waals surface area contributed by atoms with Crippen molar-refractivity contribution in [2.75, 3.05) is 6.61 Å². The number of nitrogens with one attached hydrogen (secondary N) is 1. The highest BCUT2D eigenvalue weighted by Crippen LogP contribution is 2.11. The van der Waals surface area contributed by atoms with Gasteiger partial charge in [-0.3, -0.25) is 0 Å². The lowest BCUT2D eigenvalue weighted by Crippen LogP contribution is -2.31. The summed E-state index contributed by atoms with van der Waals surface area (Å²) < 4.78 is 38.9. The van der Waals surface area contributed by atoms with Crippen molar-refractivity contribution in [2.45, 2.75) is 18.7 Å². The first-order valence-electron chi connectivity index (χ1n) is 5.67. The summed E-state index contributed by atoms with van der Waals surface area (Å²) >= 11 is 0. The van der Waals surface area contributed by atoms with Gasteiger partial charge in [0.05, 0.1) is 6.07 Å². The first-order valence-corrected chi connectivity index (χ1v) is 7.21. The van der Waals surface area contributed by atoms with Crippen molar-refractivity contribution in [3.8, 4) is 17.9 Å². The van der Waals surface area contributed by atoms with E-state index in [0.29, 0.717) is 5.56 Å². The number of hydrogen-bond acceptors (Lipinski definition) is 4. The number of aliphatic hydroxyl groups is 1. The highest BCUT2D eigenvalue weighted by Gasteiger charge is 2.19. The molecule has 0 saturated carbocycles. The molecule has 0 radical (unpaired) electrons. The molecule has 1 aromatic rings. The van der Waals surface area contributed by atoms with E-state index < -0.39 is 21.1 Å². The Kier molecular flexibility index (Phi) is 5.66. The Morgan fingerprint density at radius 1 is 1.50 bits per heavy atom. The Labute approximate surface area is 117 Å². The molecule has 1 atom stereocenters. The van der Waals surface area contributed by atoms with Gasteiger partial charge >= 0.3 is 0 Å². The first-order chi connectivity index (χ1) is 9.40. The molecule has 0 aliphatic heterocycles. The van der Waals surface area contributed by atoms with Crippen LogP contribution in [0.25, 0.3) is 0 Å². The van der Waals surface area contributed by atoms with Crippen LogP contribution in [0.15, 0.2) is 18.2 Å². The van der Waals surface area contributed by atoms with Crippen molar-refractivity contribution in [1.29, 1.82) is 5.26 Å². The molecule has 1 rings (SSSR count). The Morgan fingerprint density at radius 2 is 2.20 bits per heavy atom. The van der Waals surface area contributed by atoms with Gasteiger partial charge in [-0.1, -0.05) is 11.8 Å². The highest BCUT2D eigenvalue weighted by atomic mass is 32.2. The van der Waals surface area contributed by atoms with Gasteiger partial charge in [-0.2, -0.15) is 5.26 Å². The minimum absolute atomic E-state index is 0.114. The highest BCUT2D eigenvalue weighted by molar-refractivity contribution is 7.90. The number of halogens is 1.